The van der Waals surface area contributed by atoms with Gasteiger partial charge in [-0.15, -0.1) is 10.8 Å². The molecule has 3 aromatic rings. The Balaban J connectivity index is 2.26. The van der Waals surface area contributed by atoms with Crippen molar-refractivity contribution in [1.29, 1.82) is 0 Å². The maximum Gasteiger partial charge on any atom is 0.285 e. The van der Waals surface area contributed by atoms with Crippen LogP contribution in [0.4, 0.5) is 0 Å². The average Bonchev–Trinajstić information content (AvgIpc) is 2.91. The molecule has 27 heavy (non-hydrogen) atoms. The number of thiazole rings is 1. The first-order chi connectivity index (χ1) is 12.6. The molecule has 0 bridgehead atoms. The molecule has 0 aliphatic carbocycles. The Morgan fingerprint density at radius 1 is 1.11 bits per heavy atom. The van der Waals surface area contributed by atoms with E-state index in [1.165, 1.54) is 30.3 Å². The van der Waals surface area contributed by atoms with E-state index in [4.69, 9.17) is 11.6 Å². The van der Waals surface area contributed by atoms with E-state index < -0.39 is 20.0 Å². The molecule has 7 nitrogen and oxygen atoms in total. The zero-order chi connectivity index (χ0) is 19.8. The average molecular weight is 422 g/mol. The molecule has 3 rings (SSSR count). The molecule has 0 fully saturated rings. The Labute approximate surface area is 160 Å². The number of nitrogens with two attached hydrogens (primary N) is 1. The molecule has 10 heteroatoms. The van der Waals surface area contributed by atoms with Crippen LogP contribution in [-0.2, 0) is 26.6 Å². The molecule has 0 atom stereocenters. The summed E-state index contributed by atoms with van der Waals surface area (Å²) in [6.07, 6.45) is 5.40. The second-order valence-corrected chi connectivity index (χ2v) is 9.90. The number of fused-ring (bicyclic) bond motifs is 1. The van der Waals surface area contributed by atoms with E-state index in [1.54, 1.807) is 16.7 Å². The van der Waals surface area contributed by atoms with Crippen molar-refractivity contribution in [3.05, 3.63) is 52.8 Å². The van der Waals surface area contributed by atoms with E-state index in [9.17, 15) is 16.8 Å². The lowest BCUT2D eigenvalue weighted by Crippen LogP contribution is -2.16. The molecule has 1 aromatic heterocycles. The molecule has 0 amide bonds. The minimum Gasteiger partial charge on any atom is -0.304 e. The fourth-order valence-electron chi connectivity index (χ4n) is 2.41. The van der Waals surface area contributed by atoms with Crippen LogP contribution in [0.15, 0.2) is 56.7 Å². The number of nitrogens with zero attached hydrogens (tertiary/aromatic N) is 2. The van der Waals surface area contributed by atoms with Crippen molar-refractivity contribution in [1.82, 2.24) is 4.57 Å². The van der Waals surface area contributed by atoms with Crippen molar-refractivity contribution in [3.8, 4) is 12.3 Å². The maximum absolute atomic E-state index is 12.6. The van der Waals surface area contributed by atoms with E-state index >= 15 is 0 Å². The number of rotatable bonds is 4. The van der Waals surface area contributed by atoms with E-state index in [-0.39, 0.29) is 21.1 Å². The largest absolute Gasteiger partial charge is 0.304 e. The molecule has 0 saturated heterocycles. The van der Waals surface area contributed by atoms with E-state index in [2.05, 4.69) is 10.3 Å². The Hall–Kier alpha value is -2.45. The summed E-state index contributed by atoms with van der Waals surface area (Å²) in [5, 5.41) is 5.16. The molecular weight excluding hydrogens is 406 g/mol. The van der Waals surface area contributed by atoms with Crippen molar-refractivity contribution in [3.63, 3.8) is 0 Å². The molecule has 2 aromatic carbocycles. The van der Waals surface area contributed by atoms with Crippen molar-refractivity contribution in [2.75, 3.05) is 0 Å². The molecule has 140 valence electrons. The van der Waals surface area contributed by atoms with Gasteiger partial charge in [-0.1, -0.05) is 35.0 Å². The molecule has 0 spiro atoms. The lowest BCUT2D eigenvalue weighted by atomic mass is 10.2. The second-order valence-electron chi connectivity index (χ2n) is 5.73. The third-order valence-electron chi connectivity index (χ3n) is 3.75. The molecule has 0 aliphatic rings. The monoisotopic (exact) mass is 421 g/mol. The van der Waals surface area contributed by atoms with Crippen LogP contribution in [0.25, 0.3) is 10.2 Å². The van der Waals surface area contributed by atoms with Crippen LogP contribution >= 0.6 is 11.3 Å². The van der Waals surface area contributed by atoms with Gasteiger partial charge in [0.1, 0.15) is 0 Å². The SMILES string of the molecule is C#CCn1/c(=N/S(=O)(=O)c2ccc(C)cc2)sc2cc(S(N)(=O)=O)ccc21. The lowest BCUT2D eigenvalue weighted by Gasteiger charge is -2.02. The van der Waals surface area contributed by atoms with Gasteiger partial charge in [0.2, 0.25) is 14.8 Å². The number of hydrogen-bond donors (Lipinski definition) is 1. The quantitative estimate of drug-likeness (QED) is 0.645. The highest BCUT2D eigenvalue weighted by molar-refractivity contribution is 7.90. The number of terminal acetylenes is 1. The van der Waals surface area contributed by atoms with Gasteiger partial charge in [0, 0.05) is 0 Å². The van der Waals surface area contributed by atoms with Gasteiger partial charge in [0.25, 0.3) is 10.0 Å². The number of aryl methyl sites for hydroxylation is 1. The maximum atomic E-state index is 12.6. The van der Waals surface area contributed by atoms with Crippen molar-refractivity contribution >= 4 is 41.6 Å². The predicted molar refractivity (Wildman–Crippen MR) is 104 cm³/mol. The van der Waals surface area contributed by atoms with Crippen LogP contribution in [0.1, 0.15) is 5.56 Å². The second kappa shape index (κ2) is 6.94. The zero-order valence-electron chi connectivity index (χ0n) is 14.2. The normalized spacial score (nSPS) is 13.0. The summed E-state index contributed by atoms with van der Waals surface area (Å²) in [4.78, 5) is 0.134. The molecular formula is C17H15N3O4S3. The van der Waals surface area contributed by atoms with Crippen molar-refractivity contribution < 1.29 is 16.8 Å². The summed E-state index contributed by atoms with van der Waals surface area (Å²) in [5.41, 5.74) is 1.50. The Morgan fingerprint density at radius 2 is 1.74 bits per heavy atom. The fourth-order valence-corrected chi connectivity index (χ4v) is 5.30. The van der Waals surface area contributed by atoms with Crippen LogP contribution in [-0.4, -0.2) is 21.4 Å². The molecule has 0 aliphatic heterocycles. The van der Waals surface area contributed by atoms with Crippen LogP contribution in [0, 0.1) is 19.3 Å². The summed E-state index contributed by atoms with van der Waals surface area (Å²) in [6.45, 7) is 1.93. The Kier molecular flexibility index (Phi) is 4.96. The molecule has 0 unspecified atom stereocenters. The molecule has 1 heterocycles. The van der Waals surface area contributed by atoms with Crippen molar-refractivity contribution in [2.24, 2.45) is 9.54 Å². The van der Waals surface area contributed by atoms with E-state index in [0.29, 0.717) is 10.2 Å². The lowest BCUT2D eigenvalue weighted by molar-refractivity contribution is 0.595. The van der Waals surface area contributed by atoms with Gasteiger partial charge >= 0.3 is 0 Å². The van der Waals surface area contributed by atoms with Gasteiger partial charge < -0.3 is 4.57 Å². The zero-order valence-corrected chi connectivity index (χ0v) is 16.6. The standard InChI is InChI=1S/C17H15N3O4S3/c1-3-10-20-15-9-8-14(26(18,21)22)11-16(15)25-17(20)19-27(23,24)13-6-4-12(2)5-7-13/h1,4-9,11H,10H2,2H3,(H2,18,21,22)/b19-17-. The van der Waals surface area contributed by atoms with Crippen LogP contribution in [0.5, 0.6) is 0 Å². The molecule has 2 N–H and O–H groups in total. The third kappa shape index (κ3) is 3.96. The number of benzene rings is 2. The number of aromatic nitrogens is 1. The number of hydrogen-bond acceptors (Lipinski definition) is 5. The Morgan fingerprint density at radius 3 is 2.33 bits per heavy atom. The minimum absolute atomic E-state index is 0.0584. The van der Waals surface area contributed by atoms with Gasteiger partial charge in [-0.2, -0.15) is 8.42 Å². The summed E-state index contributed by atoms with van der Waals surface area (Å²) < 4.78 is 54.3. The van der Waals surface area contributed by atoms with Gasteiger partial charge in [0.15, 0.2) is 0 Å². The van der Waals surface area contributed by atoms with Gasteiger partial charge in [-0.3, -0.25) is 0 Å². The van der Waals surface area contributed by atoms with Gasteiger partial charge in [-0.05, 0) is 37.3 Å². The first-order valence-electron chi connectivity index (χ1n) is 7.59. The molecule has 0 saturated carbocycles. The summed E-state index contributed by atoms with van der Waals surface area (Å²) >= 11 is 1.02. The summed E-state index contributed by atoms with van der Waals surface area (Å²) in [7, 11) is -7.84. The van der Waals surface area contributed by atoms with Gasteiger partial charge in [0.05, 0.1) is 26.6 Å². The number of sulfonamides is 2. The van der Waals surface area contributed by atoms with E-state index in [0.717, 1.165) is 16.9 Å². The highest BCUT2D eigenvalue weighted by Crippen LogP contribution is 2.22. The summed E-state index contributed by atoms with van der Waals surface area (Å²) in [5.74, 6) is 2.45. The fraction of sp³-hybridized carbons (Fsp3) is 0.118. The summed E-state index contributed by atoms with van der Waals surface area (Å²) in [6, 6.07) is 10.6. The first kappa shape index (κ1) is 19.3. The molecule has 0 radical (unpaired) electrons. The topological polar surface area (TPSA) is 112 Å². The number of primary sulfonamides is 1. The first-order valence-corrected chi connectivity index (χ1v) is 11.4. The smallest absolute Gasteiger partial charge is 0.285 e. The third-order valence-corrected chi connectivity index (χ3v) is 7.10. The Bertz CT molecular complexity index is 1340. The van der Waals surface area contributed by atoms with Gasteiger partial charge in [-0.25, -0.2) is 13.6 Å². The van der Waals surface area contributed by atoms with Crippen LogP contribution in [0.2, 0.25) is 0 Å². The highest BCUT2D eigenvalue weighted by Gasteiger charge is 2.16. The van der Waals surface area contributed by atoms with Crippen LogP contribution in [0.3, 0.4) is 0 Å². The predicted octanol–water partition coefficient (Wildman–Crippen LogP) is 1.58. The highest BCUT2D eigenvalue weighted by atomic mass is 32.2. The van der Waals surface area contributed by atoms with E-state index in [1.807, 2.05) is 6.92 Å². The van der Waals surface area contributed by atoms with Crippen molar-refractivity contribution in [2.45, 2.75) is 23.3 Å². The van der Waals surface area contributed by atoms with Crippen LogP contribution < -0.4 is 9.94 Å². The minimum atomic E-state index is -3.95.